The summed E-state index contributed by atoms with van der Waals surface area (Å²) >= 11 is 0. The number of carbonyl (C=O) groups excluding carboxylic acids is 1. The van der Waals surface area contributed by atoms with Crippen molar-refractivity contribution in [1.29, 1.82) is 0 Å². The molecule has 0 bridgehead atoms. The Kier molecular flexibility index (Phi) is 8.90. The number of nitrogens with zero attached hydrogens (tertiary/aromatic N) is 4. The normalized spacial score (nSPS) is 24.9. The Hall–Kier alpha value is -3.37. The summed E-state index contributed by atoms with van der Waals surface area (Å²) in [4.78, 5) is 29.6. The highest BCUT2D eigenvalue weighted by molar-refractivity contribution is 7.52. The number of nitrogen functional groups attached to an aromatic ring is 1. The monoisotopic (exact) mass is 581 g/mol. The average Bonchev–Trinajstić information content (AvgIpc) is 3.42. The van der Waals surface area contributed by atoms with Crippen molar-refractivity contribution in [3.8, 4) is 5.75 Å². The number of aliphatic hydroxyl groups is 2. The Labute approximate surface area is 229 Å². The zero-order valence-electron chi connectivity index (χ0n) is 22.3. The SMILES string of the molecule is CCOC(=O)[C@H](C)NP(=O)(OC[C@H]1O[C@@H](n2cnc3c(N)nc(NOC)nc32)[C@](C)(O)[C@@H]1O)Oc1ccccc1. The number of fused-ring (bicyclic) bond motifs is 1. The topological polar surface area (TPSA) is 214 Å². The number of nitrogens with one attached hydrogen (secondary N) is 2. The van der Waals surface area contributed by atoms with Crippen molar-refractivity contribution >= 4 is 36.6 Å². The van der Waals surface area contributed by atoms with Crippen LogP contribution in [0.15, 0.2) is 36.7 Å². The summed E-state index contributed by atoms with van der Waals surface area (Å²) in [6.07, 6.45) is -2.60. The molecule has 0 saturated carbocycles. The molecule has 218 valence electrons. The number of anilines is 2. The van der Waals surface area contributed by atoms with E-state index in [0.29, 0.717) is 0 Å². The second kappa shape index (κ2) is 12.0. The summed E-state index contributed by atoms with van der Waals surface area (Å²) in [6.45, 7) is 4.06. The molecule has 4 rings (SSSR count). The number of benzene rings is 1. The number of hydrogen-bond acceptors (Lipinski definition) is 14. The van der Waals surface area contributed by atoms with Gasteiger partial charge in [0.05, 0.1) is 26.7 Å². The van der Waals surface area contributed by atoms with E-state index in [-0.39, 0.29) is 35.3 Å². The molecule has 0 amide bonds. The lowest BCUT2D eigenvalue weighted by atomic mass is 9.96. The molecule has 1 aliphatic heterocycles. The van der Waals surface area contributed by atoms with Crippen LogP contribution in [0.3, 0.4) is 0 Å². The fourth-order valence-corrected chi connectivity index (χ4v) is 5.57. The molecule has 6 N–H and O–H groups in total. The van der Waals surface area contributed by atoms with Crippen LogP contribution < -0.4 is 20.8 Å². The van der Waals surface area contributed by atoms with Crippen LogP contribution in [0.2, 0.25) is 0 Å². The van der Waals surface area contributed by atoms with E-state index in [0.717, 1.165) is 0 Å². The molecular formula is C23H32N7O9P. The Balaban J connectivity index is 1.57. The molecule has 16 nitrogen and oxygen atoms in total. The van der Waals surface area contributed by atoms with Crippen LogP contribution in [0.1, 0.15) is 27.0 Å². The van der Waals surface area contributed by atoms with Crippen LogP contribution in [-0.4, -0.2) is 79.9 Å². The van der Waals surface area contributed by atoms with Crippen LogP contribution in [0.4, 0.5) is 11.8 Å². The Morgan fingerprint density at radius 2 is 2.05 bits per heavy atom. The number of rotatable bonds is 12. The first kappa shape index (κ1) is 29.6. The van der Waals surface area contributed by atoms with Gasteiger partial charge in [-0.2, -0.15) is 15.1 Å². The first-order valence-corrected chi connectivity index (χ1v) is 13.8. The number of aromatic nitrogens is 4. The second-order valence-electron chi connectivity index (χ2n) is 9.06. The molecule has 1 aromatic carbocycles. The quantitative estimate of drug-likeness (QED) is 0.115. The zero-order valence-corrected chi connectivity index (χ0v) is 23.1. The van der Waals surface area contributed by atoms with Gasteiger partial charge in [0, 0.05) is 0 Å². The maximum atomic E-state index is 13.7. The molecule has 1 fully saturated rings. The Bertz CT molecular complexity index is 1370. The summed E-state index contributed by atoms with van der Waals surface area (Å²) in [5.41, 5.74) is 6.99. The number of ether oxygens (including phenoxy) is 2. The minimum atomic E-state index is -4.24. The number of nitrogens with two attached hydrogens (primary N) is 1. The second-order valence-corrected chi connectivity index (χ2v) is 10.8. The van der Waals surface area contributed by atoms with Gasteiger partial charge in [-0.05, 0) is 32.9 Å². The highest BCUT2D eigenvalue weighted by Gasteiger charge is 2.54. The smallest absolute Gasteiger partial charge is 0.459 e. The number of aliphatic hydroxyl groups excluding tert-OH is 1. The summed E-state index contributed by atoms with van der Waals surface area (Å²) in [7, 11) is -2.87. The molecule has 0 radical (unpaired) electrons. The van der Waals surface area contributed by atoms with Gasteiger partial charge >= 0.3 is 13.7 Å². The number of esters is 1. The average molecular weight is 582 g/mol. The van der Waals surface area contributed by atoms with Crippen molar-refractivity contribution in [3.63, 3.8) is 0 Å². The molecule has 6 atom stereocenters. The number of imidazole rings is 1. The predicted molar refractivity (Wildman–Crippen MR) is 141 cm³/mol. The van der Waals surface area contributed by atoms with E-state index in [4.69, 9.17) is 29.1 Å². The van der Waals surface area contributed by atoms with E-state index < -0.39 is 50.4 Å². The molecule has 3 heterocycles. The summed E-state index contributed by atoms with van der Waals surface area (Å²) < 4.78 is 37.3. The third-order valence-electron chi connectivity index (χ3n) is 6.02. The highest BCUT2D eigenvalue weighted by atomic mass is 31.2. The third-order valence-corrected chi connectivity index (χ3v) is 7.66. The van der Waals surface area contributed by atoms with Crippen molar-refractivity contribution in [2.75, 3.05) is 31.5 Å². The van der Waals surface area contributed by atoms with Gasteiger partial charge in [-0.25, -0.2) is 15.0 Å². The molecule has 1 aliphatic rings. The van der Waals surface area contributed by atoms with Crippen molar-refractivity contribution < 1.29 is 42.9 Å². The van der Waals surface area contributed by atoms with Crippen LogP contribution in [0.5, 0.6) is 5.75 Å². The van der Waals surface area contributed by atoms with E-state index >= 15 is 0 Å². The summed E-state index contributed by atoms with van der Waals surface area (Å²) in [5.74, 6) is -0.385. The fraction of sp³-hybridized carbons (Fsp3) is 0.478. The van der Waals surface area contributed by atoms with Gasteiger partial charge in [0.2, 0.25) is 0 Å². The third kappa shape index (κ3) is 6.18. The first-order valence-electron chi connectivity index (χ1n) is 12.3. The largest absolute Gasteiger partial charge is 0.465 e. The maximum Gasteiger partial charge on any atom is 0.459 e. The van der Waals surface area contributed by atoms with Crippen LogP contribution in [-0.2, 0) is 28.2 Å². The van der Waals surface area contributed by atoms with E-state index in [1.807, 2.05) is 0 Å². The summed E-state index contributed by atoms with van der Waals surface area (Å²) in [5, 5.41) is 24.8. The van der Waals surface area contributed by atoms with Crippen LogP contribution >= 0.6 is 7.75 Å². The lowest BCUT2D eigenvalue weighted by Gasteiger charge is -2.27. The van der Waals surface area contributed by atoms with Crippen molar-refractivity contribution in [3.05, 3.63) is 36.7 Å². The molecule has 40 heavy (non-hydrogen) atoms. The van der Waals surface area contributed by atoms with Crippen LogP contribution in [0.25, 0.3) is 11.2 Å². The van der Waals surface area contributed by atoms with Gasteiger partial charge in [-0.1, -0.05) is 18.2 Å². The molecule has 0 aliphatic carbocycles. The lowest BCUT2D eigenvalue weighted by molar-refractivity contribution is -0.144. The molecule has 1 unspecified atom stereocenters. The lowest BCUT2D eigenvalue weighted by Crippen LogP contribution is -2.44. The van der Waals surface area contributed by atoms with E-state index in [9.17, 15) is 19.6 Å². The van der Waals surface area contributed by atoms with E-state index in [1.165, 1.54) is 31.9 Å². The van der Waals surface area contributed by atoms with Crippen molar-refractivity contribution in [2.24, 2.45) is 0 Å². The Morgan fingerprint density at radius 3 is 2.73 bits per heavy atom. The predicted octanol–water partition coefficient (Wildman–Crippen LogP) is 1.14. The molecule has 1 saturated heterocycles. The van der Waals surface area contributed by atoms with Gasteiger partial charge < -0.3 is 29.9 Å². The molecule has 2 aromatic heterocycles. The standard InChI is InChI=1S/C23H32N7O9P/c1-5-36-20(32)13(2)29-40(34,39-14-9-7-6-8-10-14)37-11-15-17(31)23(3,33)21(38-15)30-12-25-16-18(24)26-22(28-35-4)27-19(16)30/h6-10,12-13,15,17,21,31,33H,5,11H2,1-4H3,(H,29,34)(H3,24,26,27,28)/t13-,15+,17+,21+,23+,40?/m0/s1. The minimum Gasteiger partial charge on any atom is -0.465 e. The van der Waals surface area contributed by atoms with Gasteiger partial charge in [-0.15, -0.1) is 0 Å². The van der Waals surface area contributed by atoms with Crippen molar-refractivity contribution in [1.82, 2.24) is 24.6 Å². The van der Waals surface area contributed by atoms with Crippen LogP contribution in [0, 0.1) is 0 Å². The first-order chi connectivity index (χ1) is 19.0. The van der Waals surface area contributed by atoms with E-state index in [2.05, 4.69) is 25.5 Å². The van der Waals surface area contributed by atoms with Crippen molar-refractivity contribution in [2.45, 2.75) is 50.8 Å². The van der Waals surface area contributed by atoms with Gasteiger partial charge in [-0.3, -0.25) is 18.7 Å². The Morgan fingerprint density at radius 1 is 1.32 bits per heavy atom. The van der Waals surface area contributed by atoms with E-state index in [1.54, 1.807) is 37.3 Å². The highest BCUT2D eigenvalue weighted by Crippen LogP contribution is 2.47. The number of hydrogen-bond donors (Lipinski definition) is 5. The molecule has 17 heteroatoms. The zero-order chi connectivity index (χ0) is 29.1. The molecular weight excluding hydrogens is 549 g/mol. The number of para-hydroxylation sites is 1. The summed E-state index contributed by atoms with van der Waals surface area (Å²) in [6, 6.07) is 7.12. The molecule has 3 aromatic rings. The van der Waals surface area contributed by atoms with Gasteiger partial charge in [0.25, 0.3) is 5.95 Å². The van der Waals surface area contributed by atoms with Gasteiger partial charge in [0.15, 0.2) is 17.7 Å². The fourth-order valence-electron chi connectivity index (χ4n) is 4.06. The minimum absolute atomic E-state index is 0.0353. The number of carbonyl (C=O) groups is 1. The molecule has 0 spiro atoms. The maximum absolute atomic E-state index is 13.7. The van der Waals surface area contributed by atoms with Gasteiger partial charge in [0.1, 0.15) is 35.1 Å².